The first-order valence-electron chi connectivity index (χ1n) is 5.56. The van der Waals surface area contributed by atoms with E-state index in [2.05, 4.69) is 0 Å². The summed E-state index contributed by atoms with van der Waals surface area (Å²) in [5, 5.41) is 0. The van der Waals surface area contributed by atoms with Gasteiger partial charge in [-0.05, 0) is 13.8 Å². The maximum Gasteiger partial charge on any atom is 0.272 e. The van der Waals surface area contributed by atoms with E-state index in [4.69, 9.17) is 28.4 Å². The molecule has 2 bridgehead atoms. The van der Waals surface area contributed by atoms with Crippen LogP contribution in [0.5, 0.6) is 0 Å². The fourth-order valence-electron chi connectivity index (χ4n) is 2.72. The van der Waals surface area contributed by atoms with Gasteiger partial charge in [-0.2, -0.15) is 0 Å². The van der Waals surface area contributed by atoms with Crippen molar-refractivity contribution in [2.45, 2.75) is 56.8 Å². The summed E-state index contributed by atoms with van der Waals surface area (Å²) >= 11 is 0. The fourth-order valence-corrected chi connectivity index (χ4v) is 2.72. The SMILES string of the molecule is CC1(C)O[C@H]2O[C@@H]3C4COC(O4)O[C@@H]3[C@H]2O1. The molecule has 4 rings (SSSR count). The molecule has 4 aliphatic rings. The molecule has 0 aliphatic carbocycles. The lowest BCUT2D eigenvalue weighted by molar-refractivity contribution is -0.322. The first-order valence-corrected chi connectivity index (χ1v) is 5.56. The van der Waals surface area contributed by atoms with Gasteiger partial charge in [0, 0.05) is 0 Å². The van der Waals surface area contributed by atoms with Crippen molar-refractivity contribution in [1.29, 1.82) is 0 Å². The van der Waals surface area contributed by atoms with Gasteiger partial charge < -0.3 is 28.4 Å². The molecule has 4 saturated heterocycles. The van der Waals surface area contributed by atoms with Gasteiger partial charge in [-0.1, -0.05) is 0 Å². The molecule has 16 heavy (non-hydrogen) atoms. The summed E-state index contributed by atoms with van der Waals surface area (Å²) in [6.07, 6.45) is -0.906. The van der Waals surface area contributed by atoms with E-state index in [1.165, 1.54) is 0 Å². The van der Waals surface area contributed by atoms with Crippen LogP contribution in [0.3, 0.4) is 0 Å². The maximum atomic E-state index is 5.78. The van der Waals surface area contributed by atoms with E-state index in [1.54, 1.807) is 0 Å². The minimum Gasteiger partial charge on any atom is -0.341 e. The Bertz CT molecular complexity index is 318. The van der Waals surface area contributed by atoms with Gasteiger partial charge in [0.05, 0.1) is 6.61 Å². The van der Waals surface area contributed by atoms with E-state index in [0.717, 1.165) is 0 Å². The van der Waals surface area contributed by atoms with E-state index < -0.39 is 12.3 Å². The highest BCUT2D eigenvalue weighted by molar-refractivity contribution is 4.99. The molecule has 0 saturated carbocycles. The Balaban J connectivity index is 1.60. The lowest BCUT2D eigenvalue weighted by Gasteiger charge is -2.32. The highest BCUT2D eigenvalue weighted by Crippen LogP contribution is 2.43. The van der Waals surface area contributed by atoms with Gasteiger partial charge >= 0.3 is 0 Å². The molecule has 0 amide bonds. The Morgan fingerprint density at radius 3 is 2.69 bits per heavy atom. The van der Waals surface area contributed by atoms with E-state index in [0.29, 0.717) is 6.61 Å². The average Bonchev–Trinajstić information content (AvgIpc) is 2.80. The molecule has 4 aliphatic heterocycles. The Hall–Kier alpha value is -0.240. The quantitative estimate of drug-likeness (QED) is 0.582. The molecule has 0 aromatic rings. The van der Waals surface area contributed by atoms with Crippen LogP contribution in [0.4, 0.5) is 0 Å². The number of hydrogen-bond acceptors (Lipinski definition) is 6. The van der Waals surface area contributed by atoms with Crippen LogP contribution in [0.25, 0.3) is 0 Å². The predicted octanol–water partition coefficient (Wildman–Crippen LogP) is -0.0394. The van der Waals surface area contributed by atoms with Crippen molar-refractivity contribution in [1.82, 2.24) is 0 Å². The van der Waals surface area contributed by atoms with Crippen LogP contribution in [0, 0.1) is 0 Å². The van der Waals surface area contributed by atoms with E-state index >= 15 is 0 Å². The molecule has 6 heteroatoms. The number of rotatable bonds is 0. The van der Waals surface area contributed by atoms with Gasteiger partial charge in [0.2, 0.25) is 0 Å². The molecule has 0 aromatic heterocycles. The Labute approximate surface area is 92.7 Å². The van der Waals surface area contributed by atoms with E-state index in [-0.39, 0.29) is 30.7 Å². The first-order chi connectivity index (χ1) is 7.62. The van der Waals surface area contributed by atoms with Crippen LogP contribution >= 0.6 is 0 Å². The summed E-state index contributed by atoms with van der Waals surface area (Å²) in [7, 11) is 0. The number of hydrogen-bond donors (Lipinski definition) is 0. The second-order valence-corrected chi connectivity index (χ2v) is 4.97. The minimum atomic E-state index is -0.609. The Morgan fingerprint density at radius 1 is 0.938 bits per heavy atom. The summed E-state index contributed by atoms with van der Waals surface area (Å²) in [5.41, 5.74) is 0. The largest absolute Gasteiger partial charge is 0.341 e. The molecule has 6 nitrogen and oxygen atoms in total. The Morgan fingerprint density at radius 2 is 1.81 bits per heavy atom. The van der Waals surface area contributed by atoms with Crippen molar-refractivity contribution in [3.8, 4) is 0 Å². The average molecular weight is 230 g/mol. The van der Waals surface area contributed by atoms with Crippen LogP contribution in [0.15, 0.2) is 0 Å². The smallest absolute Gasteiger partial charge is 0.272 e. The highest BCUT2D eigenvalue weighted by atomic mass is 16.9. The minimum absolute atomic E-state index is 0.0651. The molecule has 0 spiro atoms. The zero-order valence-electron chi connectivity index (χ0n) is 9.12. The molecule has 4 heterocycles. The van der Waals surface area contributed by atoms with Gasteiger partial charge in [0.15, 0.2) is 12.1 Å². The van der Waals surface area contributed by atoms with Crippen molar-refractivity contribution in [2.75, 3.05) is 6.61 Å². The summed E-state index contributed by atoms with van der Waals surface area (Å²) in [5.74, 6) is -0.609. The normalized spacial score (nSPS) is 57.4. The van der Waals surface area contributed by atoms with Crippen LogP contribution in [0.1, 0.15) is 13.8 Å². The molecule has 90 valence electrons. The van der Waals surface area contributed by atoms with Crippen LogP contribution in [0.2, 0.25) is 0 Å². The second-order valence-electron chi connectivity index (χ2n) is 4.97. The molecular weight excluding hydrogens is 216 g/mol. The van der Waals surface area contributed by atoms with Gasteiger partial charge in [-0.3, -0.25) is 0 Å². The molecule has 0 N–H and O–H groups in total. The van der Waals surface area contributed by atoms with Crippen LogP contribution in [-0.2, 0) is 28.4 Å². The van der Waals surface area contributed by atoms with Gasteiger partial charge in [-0.25, -0.2) is 0 Å². The molecule has 6 atom stereocenters. The second kappa shape index (κ2) is 2.95. The molecule has 0 radical (unpaired) electrons. The van der Waals surface area contributed by atoms with E-state index in [9.17, 15) is 0 Å². The lowest BCUT2D eigenvalue weighted by atomic mass is 10.1. The van der Waals surface area contributed by atoms with Crippen LogP contribution < -0.4 is 0 Å². The Kier molecular flexibility index (Phi) is 1.80. The van der Waals surface area contributed by atoms with Crippen LogP contribution in [-0.4, -0.2) is 49.6 Å². The zero-order chi connectivity index (χ0) is 10.9. The van der Waals surface area contributed by atoms with Gasteiger partial charge in [0.25, 0.3) is 6.48 Å². The number of ether oxygens (including phenoxy) is 6. The third-order valence-corrected chi connectivity index (χ3v) is 3.34. The highest BCUT2D eigenvalue weighted by Gasteiger charge is 2.61. The monoisotopic (exact) mass is 230 g/mol. The standard InChI is InChI=1S/C10H14O6/c1-10(2)15-7-6-5(13-8(7)16-10)4-3-11-9(12-4)14-6/h4-9H,3H2,1-2H3/t4?,5-,6+,7-,8-,9?/m1/s1. The van der Waals surface area contributed by atoms with Crippen molar-refractivity contribution in [3.63, 3.8) is 0 Å². The van der Waals surface area contributed by atoms with Crippen molar-refractivity contribution in [2.24, 2.45) is 0 Å². The van der Waals surface area contributed by atoms with Crippen molar-refractivity contribution < 1.29 is 28.4 Å². The fraction of sp³-hybridized carbons (Fsp3) is 1.00. The summed E-state index contributed by atoms with van der Waals surface area (Å²) < 4.78 is 33.6. The van der Waals surface area contributed by atoms with Gasteiger partial charge in [0.1, 0.15) is 24.4 Å². The molecule has 2 unspecified atom stereocenters. The third-order valence-electron chi connectivity index (χ3n) is 3.34. The summed E-state index contributed by atoms with van der Waals surface area (Å²) in [6.45, 7) is 3.68. The maximum absolute atomic E-state index is 5.78. The lowest BCUT2D eigenvalue weighted by Crippen LogP contribution is -2.48. The third kappa shape index (κ3) is 1.23. The van der Waals surface area contributed by atoms with Gasteiger partial charge in [-0.15, -0.1) is 0 Å². The zero-order valence-corrected chi connectivity index (χ0v) is 9.12. The first kappa shape index (κ1) is 9.76. The van der Waals surface area contributed by atoms with Crippen molar-refractivity contribution >= 4 is 0 Å². The van der Waals surface area contributed by atoms with Crippen molar-refractivity contribution in [3.05, 3.63) is 0 Å². The summed E-state index contributed by atoms with van der Waals surface area (Å²) in [4.78, 5) is 0. The topological polar surface area (TPSA) is 55.4 Å². The predicted molar refractivity (Wildman–Crippen MR) is 48.2 cm³/mol. The molecule has 0 aromatic carbocycles. The molecular formula is C10H14O6. The summed E-state index contributed by atoms with van der Waals surface area (Å²) in [6, 6.07) is 0. The number of fused-ring (bicyclic) bond motifs is 6. The molecule has 4 fully saturated rings. The van der Waals surface area contributed by atoms with E-state index in [1.807, 2.05) is 13.8 Å².